The summed E-state index contributed by atoms with van der Waals surface area (Å²) in [6.45, 7) is 16.7. The molecule has 0 aliphatic rings. The zero-order valence-electron chi connectivity index (χ0n) is 82.2. The van der Waals surface area contributed by atoms with E-state index in [-0.39, 0.29) is 262 Å². The van der Waals surface area contributed by atoms with Gasteiger partial charge in [-0.05, 0) is 0 Å². The van der Waals surface area contributed by atoms with Gasteiger partial charge in [0.1, 0.15) is 0 Å². The monoisotopic (exact) mass is 2440 g/mol. The van der Waals surface area contributed by atoms with Crippen molar-refractivity contribution in [3.63, 3.8) is 0 Å². The summed E-state index contributed by atoms with van der Waals surface area (Å²) in [6, 6.07) is 203. The van der Waals surface area contributed by atoms with Crippen molar-refractivity contribution >= 4 is 86.2 Å². The van der Waals surface area contributed by atoms with Crippen LogP contribution in [0.1, 0.15) is 44.5 Å². The zero-order valence-corrected chi connectivity index (χ0v) is 105. The van der Waals surface area contributed by atoms with Crippen LogP contribution in [0.15, 0.2) is 437 Å². The summed E-state index contributed by atoms with van der Waals surface area (Å²) in [5.74, 6) is 0. The molecule has 8 radical (unpaired) electrons. The third-order valence-corrected chi connectivity index (χ3v) is 23.6. The van der Waals surface area contributed by atoms with Gasteiger partial charge in [-0.15, -0.1) is 225 Å². The number of benzene rings is 24. The van der Waals surface area contributed by atoms with Crippen LogP contribution < -0.4 is 0 Å². The van der Waals surface area contributed by atoms with Crippen molar-refractivity contribution in [2.75, 3.05) is 0 Å². The molecule has 0 fully saturated rings. The van der Waals surface area contributed by atoms with Gasteiger partial charge in [0.15, 0.2) is 0 Å². The molecule has 24 rings (SSSR count). The van der Waals surface area contributed by atoms with Crippen LogP contribution in [0.25, 0.3) is 175 Å². The molecule has 0 spiro atoms. The summed E-state index contributed by atoms with van der Waals surface area (Å²) in [6.07, 6.45) is 0. The molecule has 0 atom stereocenters. The molecular weight excluding hydrogens is 2340 g/mol. The standard InChI is InChI=1S/8C17H12.8Y/c2*1-13-6-2-5-9-17(13)16-11-10-14-7-3-4-8-15(14)12-16;1-13-6-4-9-15(12-13)17-11-5-8-14-7-2-3-10-16(14)17;2*1-13-5-4-8-15(11-13)17-10-9-14-6-2-3-7-16(14)12-17;1-13-9-11-15(12-10-13)17-8-4-6-14-5-2-3-7-16(14)17;2*1-13-6-8-15(9-7-13)17-11-10-14-4-2-3-5-16(14)12-17;;;;;;;;/h2-8,10,12H,1H3;2-8,10-11H,1H3;2-8,10,12H,1H3;2-7,9,11-12H,1H3;2*2-7,9-11H,1H3;2-8,10,12H,1H3;2-8,10-11H,1H3;;;;;;;;/q8*-2;;;;;;;;. The molecule has 0 aliphatic heterocycles. The first kappa shape index (κ1) is 120. The fourth-order valence-corrected chi connectivity index (χ4v) is 16.2. The van der Waals surface area contributed by atoms with Gasteiger partial charge in [-0.2, -0.15) is 277 Å². The maximum Gasteiger partial charge on any atom is 0 e. The molecule has 0 N–H and O–H groups in total. The molecule has 8 heteroatoms. The van der Waals surface area contributed by atoms with Crippen LogP contribution in [0.3, 0.4) is 0 Å². The molecule has 0 aliphatic carbocycles. The average Bonchev–Trinajstić information content (AvgIpc) is 0.790. The van der Waals surface area contributed by atoms with E-state index in [9.17, 15) is 0 Å². The molecule has 0 nitrogen and oxygen atoms in total. The average molecular weight is 2440 g/mol. The molecule has 0 saturated heterocycles. The van der Waals surface area contributed by atoms with E-state index in [1.165, 1.54) is 115 Å². The second kappa shape index (κ2) is 60.7. The van der Waals surface area contributed by atoms with Gasteiger partial charge >= 0.3 is 0 Å². The SMILES string of the molecule is Cc1c[c-]c(-c2[c-]c3ccccc3cc2)cc1.Cc1c[c-]c(-c2[c-]cc3ccccc3c2)cc1.Cc1c[c-]c(-c2[c-]ccc3ccccc23)cc1.Cc1cc[c-]c(-c2[c-]c3ccccc3cc2)c1.Cc1cc[c-]c(-c2[c-]cc3ccccc3c2)c1.Cc1cc[c-]c(-c2[c-]ccc3ccccc23)c1.Cc1ccc[c-]c1-c1[c-]c2ccccc2cc1.Cc1ccc[c-]c1-c1[c-]cc2ccccc2c1.[Y].[Y].[Y].[Y].[Y].[Y].[Y].[Y]. The van der Waals surface area contributed by atoms with Crippen LogP contribution in [0, 0.1) is 152 Å². The molecule has 24 aromatic rings. The maximum absolute atomic E-state index is 3.45. The Hall–Kier alpha value is -7.81. The van der Waals surface area contributed by atoms with Gasteiger partial charge in [0, 0.05) is 262 Å². The number of aryl methyl sites for hydroxylation is 8. The Balaban J connectivity index is 0.000000182. The predicted molar refractivity (Wildman–Crippen MR) is 574 cm³/mol. The first-order valence-corrected chi connectivity index (χ1v) is 45.8. The van der Waals surface area contributed by atoms with Crippen molar-refractivity contribution in [1.29, 1.82) is 0 Å². The predicted octanol–water partition coefficient (Wildman–Crippen LogP) is 35.3. The molecule has 0 unspecified atom stereocenters. The largest absolute Gasteiger partial charge is 0.226 e. The number of rotatable bonds is 8. The zero-order chi connectivity index (χ0) is 93.3. The molecule has 0 amide bonds. The Bertz CT molecular complexity index is 7820. The fourth-order valence-electron chi connectivity index (χ4n) is 16.2. The Morgan fingerprint density at radius 3 is 0.806 bits per heavy atom. The van der Waals surface area contributed by atoms with E-state index in [0.717, 1.165) is 105 Å². The topological polar surface area (TPSA) is 0 Å². The maximum atomic E-state index is 3.45. The summed E-state index contributed by atoms with van der Waals surface area (Å²) >= 11 is 0. The molecule has 24 aromatic carbocycles. The van der Waals surface area contributed by atoms with Crippen molar-refractivity contribution in [2.45, 2.75) is 55.4 Å². The Kier molecular flexibility index (Phi) is 50.5. The van der Waals surface area contributed by atoms with Crippen LogP contribution in [0.4, 0.5) is 0 Å². The van der Waals surface area contributed by atoms with Crippen LogP contribution >= 0.6 is 0 Å². The van der Waals surface area contributed by atoms with Gasteiger partial charge in [0.25, 0.3) is 0 Å². The van der Waals surface area contributed by atoms with Crippen molar-refractivity contribution < 1.29 is 262 Å². The number of fused-ring (bicyclic) bond motifs is 8. The van der Waals surface area contributed by atoms with E-state index in [4.69, 9.17) is 0 Å². The summed E-state index contributed by atoms with van der Waals surface area (Å²) in [4.78, 5) is 0. The van der Waals surface area contributed by atoms with Crippen molar-refractivity contribution in [3.05, 3.63) is 578 Å². The summed E-state index contributed by atoms with van der Waals surface area (Å²) < 4.78 is 0. The Labute approximate surface area is 1050 Å². The summed E-state index contributed by atoms with van der Waals surface area (Å²) in [7, 11) is 0. The first-order valence-electron chi connectivity index (χ1n) is 45.8. The quantitative estimate of drug-likeness (QED) is 0.133. The Morgan fingerprint density at radius 2 is 0.403 bits per heavy atom. The van der Waals surface area contributed by atoms with Gasteiger partial charge < -0.3 is 0 Å². The summed E-state index contributed by atoms with van der Waals surface area (Å²) in [5, 5.41) is 19.5. The minimum absolute atomic E-state index is 0. The van der Waals surface area contributed by atoms with E-state index in [0.29, 0.717) is 0 Å². The van der Waals surface area contributed by atoms with Gasteiger partial charge in [0.2, 0.25) is 0 Å². The van der Waals surface area contributed by atoms with E-state index < -0.39 is 0 Å². The van der Waals surface area contributed by atoms with Crippen molar-refractivity contribution in [1.82, 2.24) is 0 Å². The molecule has 0 bridgehead atoms. The van der Waals surface area contributed by atoms with Gasteiger partial charge in [-0.25, -0.2) is 72.3 Å². The molecular formula is C136H96Y8-16. The normalized spacial score (nSPS) is 10.1. The third kappa shape index (κ3) is 33.1. The van der Waals surface area contributed by atoms with Crippen LogP contribution in [0.2, 0.25) is 0 Å². The second-order valence-corrected chi connectivity index (χ2v) is 33.8. The van der Waals surface area contributed by atoms with E-state index >= 15 is 0 Å². The van der Waals surface area contributed by atoms with Crippen molar-refractivity contribution in [3.8, 4) is 89.0 Å². The van der Waals surface area contributed by atoms with Crippen LogP contribution in [0.5, 0.6) is 0 Å². The van der Waals surface area contributed by atoms with E-state index in [1.54, 1.807) is 0 Å². The minimum Gasteiger partial charge on any atom is -0.226 e. The van der Waals surface area contributed by atoms with Crippen LogP contribution in [-0.2, 0) is 262 Å². The Morgan fingerprint density at radius 1 is 0.139 bits per heavy atom. The number of hydrogen-bond donors (Lipinski definition) is 0. The van der Waals surface area contributed by atoms with Gasteiger partial charge in [-0.1, -0.05) is 235 Å². The van der Waals surface area contributed by atoms with Gasteiger partial charge in [0.05, 0.1) is 0 Å². The first-order chi connectivity index (χ1) is 66.7. The van der Waals surface area contributed by atoms with Crippen LogP contribution in [-0.4, -0.2) is 0 Å². The third-order valence-electron chi connectivity index (χ3n) is 23.6. The summed E-state index contributed by atoms with van der Waals surface area (Å²) in [5.41, 5.74) is 27.7. The molecule has 144 heavy (non-hydrogen) atoms. The number of hydrogen-bond acceptors (Lipinski definition) is 0. The smallest absolute Gasteiger partial charge is 0 e. The molecule has 680 valence electrons. The molecule has 0 heterocycles. The molecule has 0 saturated carbocycles. The van der Waals surface area contributed by atoms with Gasteiger partial charge in [-0.3, -0.25) is 0 Å². The molecule has 0 aromatic heterocycles. The second-order valence-electron chi connectivity index (χ2n) is 33.8. The fraction of sp³-hybridized carbons (Fsp3) is 0.0588. The minimum atomic E-state index is 0. The van der Waals surface area contributed by atoms with Crippen molar-refractivity contribution in [2.24, 2.45) is 0 Å². The van der Waals surface area contributed by atoms with E-state index in [1.807, 2.05) is 121 Å². The van der Waals surface area contributed by atoms with E-state index in [2.05, 4.69) is 468 Å².